The van der Waals surface area contributed by atoms with Crippen LogP contribution in [0.3, 0.4) is 0 Å². The second kappa shape index (κ2) is 18.5. The largest absolute Gasteiger partial charge is 0.493 e. The average molecular weight is 656 g/mol. The van der Waals surface area contributed by atoms with Gasteiger partial charge in [0.2, 0.25) is 0 Å². The molecule has 0 radical (unpaired) electrons. The van der Waals surface area contributed by atoms with Gasteiger partial charge in [-0.05, 0) is 104 Å². The molecule has 2 saturated heterocycles. The van der Waals surface area contributed by atoms with Gasteiger partial charge in [-0.2, -0.15) is 0 Å². The molecule has 0 spiro atoms. The van der Waals surface area contributed by atoms with Crippen molar-refractivity contribution in [3.63, 3.8) is 0 Å². The van der Waals surface area contributed by atoms with Gasteiger partial charge in [-0.15, -0.1) is 0 Å². The molecule has 0 aromatic heterocycles. The van der Waals surface area contributed by atoms with Crippen LogP contribution in [0, 0.1) is 11.7 Å². The number of carbonyl (C=O) groups excluding carboxylic acids is 1. The third-order valence-corrected chi connectivity index (χ3v) is 9.83. The Morgan fingerprint density at radius 3 is 1.98 bits per heavy atom. The highest BCUT2D eigenvalue weighted by Crippen LogP contribution is 2.29. The van der Waals surface area contributed by atoms with E-state index in [9.17, 15) is 13.2 Å². The molecule has 9 heteroatoms. The van der Waals surface area contributed by atoms with Crippen LogP contribution < -0.4 is 4.74 Å². The van der Waals surface area contributed by atoms with E-state index < -0.39 is 5.92 Å². The summed E-state index contributed by atoms with van der Waals surface area (Å²) in [6.07, 6.45) is 7.45. The van der Waals surface area contributed by atoms with E-state index in [4.69, 9.17) is 9.53 Å². The predicted molar refractivity (Wildman–Crippen MR) is 182 cm³/mol. The van der Waals surface area contributed by atoms with E-state index in [1.54, 1.807) is 11.9 Å². The highest BCUT2D eigenvalue weighted by molar-refractivity contribution is 7.97. The van der Waals surface area contributed by atoms with Gasteiger partial charge in [0.05, 0.1) is 13.2 Å². The van der Waals surface area contributed by atoms with Crippen molar-refractivity contribution in [3.05, 3.63) is 84.2 Å². The fraction of sp³-hybridized carbons (Fsp3) is 0.486. The Morgan fingerprint density at radius 2 is 1.41 bits per heavy atom. The van der Waals surface area contributed by atoms with Crippen molar-refractivity contribution in [1.29, 1.82) is 0 Å². The number of hydrogen-bond donors (Lipinski definition) is 0. The molecule has 0 atom stereocenters. The number of nitrogens with zero attached hydrogens (tertiary/aromatic N) is 3. The molecule has 0 amide bonds. The summed E-state index contributed by atoms with van der Waals surface area (Å²) in [6, 6.07) is 24.0. The Morgan fingerprint density at radius 1 is 0.804 bits per heavy atom. The highest BCUT2D eigenvalue weighted by atomic mass is 32.2. The van der Waals surface area contributed by atoms with Crippen LogP contribution in [0.25, 0.3) is 11.1 Å². The summed E-state index contributed by atoms with van der Waals surface area (Å²) in [4.78, 5) is 13.5. The van der Waals surface area contributed by atoms with Crippen molar-refractivity contribution in [2.45, 2.75) is 62.3 Å². The normalized spacial score (nSPS) is 19.3. The minimum absolute atomic E-state index is 0.0625. The zero-order chi connectivity index (χ0) is 32.8. The van der Waals surface area contributed by atoms with Crippen LogP contribution in [0.4, 0.5) is 13.2 Å². The Bertz CT molecular complexity index is 1280. The molecule has 0 N–H and O–H groups in total. The predicted octanol–water partition coefficient (Wildman–Crippen LogP) is 8.44. The van der Waals surface area contributed by atoms with Gasteiger partial charge in [0.15, 0.2) is 0 Å². The van der Waals surface area contributed by atoms with Gasteiger partial charge < -0.3 is 14.4 Å². The molecule has 3 aliphatic rings. The molecule has 250 valence electrons. The molecule has 1 saturated carbocycles. The first-order chi connectivity index (χ1) is 22.3. The number of halogens is 3. The summed E-state index contributed by atoms with van der Waals surface area (Å²) in [5, 5.41) is 0. The molecule has 6 rings (SSSR count). The Labute approximate surface area is 277 Å². The number of hydrogen-bond acceptors (Lipinski definition) is 6. The van der Waals surface area contributed by atoms with E-state index in [0.29, 0.717) is 6.42 Å². The molecule has 5 nitrogen and oxygen atoms in total. The summed E-state index contributed by atoms with van der Waals surface area (Å²) in [5.41, 5.74) is 3.49. The van der Waals surface area contributed by atoms with E-state index >= 15 is 0 Å². The highest BCUT2D eigenvalue weighted by Gasteiger charge is 2.33. The third kappa shape index (κ3) is 12.1. The smallest absolute Gasteiger partial charge is 0.260 e. The van der Waals surface area contributed by atoms with Crippen LogP contribution in [-0.2, 0) is 11.3 Å². The number of benzene rings is 3. The van der Waals surface area contributed by atoms with E-state index in [-0.39, 0.29) is 18.8 Å². The number of alkyl halides is 2. The SMILES string of the molecule is C=O.CN1CCCC(F)(F)C1.Fc1ccc(-c2ccc(CN3CCN(Sc4ccc(OCC5CCCCC5)cc4)CC3)cc2)cc1. The van der Waals surface area contributed by atoms with E-state index in [1.807, 2.05) is 30.9 Å². The van der Waals surface area contributed by atoms with Crippen LogP contribution >= 0.6 is 11.9 Å². The standard InChI is InChI=1S/C30H35FN2OS.C6H11F2N.CH2O/c31-28-12-10-27(11-13-28)26-8-6-24(7-9-26)22-32-18-20-33(21-19-32)35-30-16-14-29(15-17-30)34-23-25-4-2-1-3-5-25;1-9-4-2-3-6(7,8)5-9;1-2/h6-17,25H,1-5,18-23H2;2-5H2,1H3;1H2. The van der Waals surface area contributed by atoms with Crippen molar-refractivity contribution < 1.29 is 22.7 Å². The molecule has 2 aliphatic heterocycles. The summed E-state index contributed by atoms with van der Waals surface area (Å²) in [7, 11) is 1.73. The number of ether oxygens (including phenoxy) is 1. The number of piperidine rings is 1. The van der Waals surface area contributed by atoms with Crippen molar-refractivity contribution in [2.24, 2.45) is 5.92 Å². The molecule has 3 fully saturated rings. The molecular formula is C37H48F3N3O2S. The summed E-state index contributed by atoms with van der Waals surface area (Å²) < 4.78 is 46.5. The van der Waals surface area contributed by atoms with Crippen molar-refractivity contribution in [1.82, 2.24) is 14.1 Å². The maximum atomic E-state index is 13.2. The minimum atomic E-state index is -2.42. The van der Waals surface area contributed by atoms with E-state index in [2.05, 4.69) is 57.7 Å². The maximum absolute atomic E-state index is 13.2. The lowest BCUT2D eigenvalue weighted by molar-refractivity contribution is -0.0980. The van der Waals surface area contributed by atoms with E-state index in [0.717, 1.165) is 68.7 Å². The van der Waals surface area contributed by atoms with Crippen molar-refractivity contribution in [3.8, 4) is 16.9 Å². The summed E-state index contributed by atoms with van der Waals surface area (Å²) in [5.74, 6) is -0.886. The first kappa shape index (κ1) is 36.0. The minimum Gasteiger partial charge on any atom is -0.493 e. The van der Waals surface area contributed by atoms with E-state index in [1.165, 1.54) is 54.7 Å². The van der Waals surface area contributed by atoms with Crippen molar-refractivity contribution >= 4 is 18.7 Å². The zero-order valence-corrected chi connectivity index (χ0v) is 27.8. The van der Waals surface area contributed by atoms with Crippen LogP contribution in [-0.4, -0.2) is 79.7 Å². The third-order valence-electron chi connectivity index (χ3n) is 8.72. The molecule has 2 heterocycles. The van der Waals surface area contributed by atoms with Crippen LogP contribution in [0.15, 0.2) is 77.7 Å². The quantitative estimate of drug-likeness (QED) is 0.227. The summed E-state index contributed by atoms with van der Waals surface area (Å²) >= 11 is 1.85. The number of carbonyl (C=O) groups is 1. The number of rotatable bonds is 8. The Kier molecular flexibility index (Phi) is 14.5. The van der Waals surface area contributed by atoms with Gasteiger partial charge in [-0.1, -0.05) is 55.7 Å². The van der Waals surface area contributed by atoms with Crippen LogP contribution in [0.2, 0.25) is 0 Å². The molecule has 3 aromatic rings. The molecule has 46 heavy (non-hydrogen) atoms. The van der Waals surface area contributed by atoms with Crippen LogP contribution in [0.1, 0.15) is 50.5 Å². The lowest BCUT2D eigenvalue weighted by Gasteiger charge is -2.33. The molecular weight excluding hydrogens is 607 g/mol. The van der Waals surface area contributed by atoms with Gasteiger partial charge in [-0.25, -0.2) is 17.5 Å². The fourth-order valence-corrected chi connectivity index (χ4v) is 7.06. The van der Waals surface area contributed by atoms with Crippen LogP contribution in [0.5, 0.6) is 5.75 Å². The van der Waals surface area contributed by atoms with Gasteiger partial charge >= 0.3 is 0 Å². The molecule has 1 aliphatic carbocycles. The van der Waals surface area contributed by atoms with Gasteiger partial charge in [0.1, 0.15) is 18.4 Å². The lowest BCUT2D eigenvalue weighted by Crippen LogP contribution is -2.42. The topological polar surface area (TPSA) is 36.0 Å². The van der Waals surface area contributed by atoms with Gasteiger partial charge in [-0.3, -0.25) is 4.90 Å². The first-order valence-electron chi connectivity index (χ1n) is 16.4. The van der Waals surface area contributed by atoms with Gasteiger partial charge in [0.25, 0.3) is 5.92 Å². The summed E-state index contributed by atoms with van der Waals surface area (Å²) in [6.45, 7) is 8.82. The molecule has 0 unspecified atom stereocenters. The number of piperazine rings is 1. The first-order valence-corrected chi connectivity index (χ1v) is 17.2. The monoisotopic (exact) mass is 655 g/mol. The molecule has 3 aromatic carbocycles. The second-order valence-corrected chi connectivity index (χ2v) is 13.7. The Balaban J connectivity index is 0.000000374. The Hall–Kier alpha value is -2.85. The zero-order valence-electron chi connectivity index (χ0n) is 27.0. The van der Waals surface area contributed by atoms with Crippen molar-refractivity contribution in [2.75, 3.05) is 52.9 Å². The molecule has 0 bridgehead atoms. The average Bonchev–Trinajstić information content (AvgIpc) is 3.07. The maximum Gasteiger partial charge on any atom is 0.260 e. The lowest BCUT2D eigenvalue weighted by atomic mass is 9.90. The fourth-order valence-electron chi connectivity index (χ4n) is 6.16. The second-order valence-electron chi connectivity index (χ2n) is 12.5. The van der Waals surface area contributed by atoms with Gasteiger partial charge in [0, 0.05) is 44.0 Å². The number of likely N-dealkylation sites (tertiary alicyclic amines) is 1.